The second-order valence-corrected chi connectivity index (χ2v) is 8.91. The minimum atomic E-state index is -2.06. The number of hydrogen-bond donors (Lipinski definition) is 5. The minimum Gasteiger partial charge on any atom is -0.507 e. The Kier molecular flexibility index (Phi) is 7.78. The Morgan fingerprint density at radius 1 is 1.22 bits per heavy atom. The summed E-state index contributed by atoms with van der Waals surface area (Å²) in [5.74, 6) is -3.09. The Morgan fingerprint density at radius 3 is 2.38 bits per heavy atom. The highest BCUT2D eigenvalue weighted by Crippen LogP contribution is 2.41. The van der Waals surface area contributed by atoms with Crippen LogP contribution in [0.2, 0.25) is 5.02 Å². The molecule has 2 atom stereocenters. The molecule has 0 amide bonds. The average Bonchev–Trinajstić information content (AvgIpc) is 2.89. The van der Waals surface area contributed by atoms with Gasteiger partial charge in [0.2, 0.25) is 5.79 Å². The first kappa shape index (κ1) is 25.9. The number of phenols is 2. The molecule has 1 aromatic rings. The molecule has 1 saturated heterocycles. The maximum absolute atomic E-state index is 12.1. The van der Waals surface area contributed by atoms with Gasteiger partial charge >= 0.3 is 0 Å². The number of rotatable bonds is 7. The van der Waals surface area contributed by atoms with Gasteiger partial charge in [-0.3, -0.25) is 4.79 Å². The third-order valence-corrected chi connectivity index (χ3v) is 6.25. The first-order valence-corrected chi connectivity index (χ1v) is 10.5. The molecular formula is C23H30ClNO7. The van der Waals surface area contributed by atoms with Gasteiger partial charge in [0, 0.05) is 11.1 Å². The van der Waals surface area contributed by atoms with E-state index in [1.807, 2.05) is 13.0 Å². The third kappa shape index (κ3) is 4.83. The second kappa shape index (κ2) is 9.62. The molecule has 1 aliphatic heterocycles. The number of ether oxygens (including phenoxy) is 1. The molecule has 2 rings (SSSR count). The molecule has 0 bridgehead atoms. The molecule has 0 radical (unpaired) electrons. The molecule has 2 unspecified atom stereocenters. The number of benzene rings is 1. The number of carbonyl (C=O) groups excluding carboxylic acids is 1. The first-order valence-electron chi connectivity index (χ1n) is 10.2. The van der Waals surface area contributed by atoms with Crippen molar-refractivity contribution < 1.29 is 35.2 Å². The molecule has 1 aliphatic rings. The van der Waals surface area contributed by atoms with E-state index in [0.29, 0.717) is 24.0 Å². The predicted molar refractivity (Wildman–Crippen MR) is 120 cm³/mol. The number of oxime groups is 1. The van der Waals surface area contributed by atoms with Crippen LogP contribution >= 0.6 is 11.6 Å². The molecule has 0 aliphatic carbocycles. The van der Waals surface area contributed by atoms with Crippen LogP contribution in [0.4, 0.5) is 0 Å². The summed E-state index contributed by atoms with van der Waals surface area (Å²) in [7, 11) is 0. The van der Waals surface area contributed by atoms with E-state index in [1.54, 1.807) is 19.9 Å². The van der Waals surface area contributed by atoms with Crippen molar-refractivity contribution in [3.63, 3.8) is 0 Å². The molecule has 0 spiro atoms. The van der Waals surface area contributed by atoms with E-state index in [9.17, 15) is 25.2 Å². The van der Waals surface area contributed by atoms with Crippen LogP contribution in [0.1, 0.15) is 57.2 Å². The van der Waals surface area contributed by atoms with Gasteiger partial charge in [0.1, 0.15) is 17.1 Å². The molecule has 1 aromatic carbocycles. The van der Waals surface area contributed by atoms with E-state index >= 15 is 0 Å². The smallest absolute Gasteiger partial charge is 0.223 e. The summed E-state index contributed by atoms with van der Waals surface area (Å²) < 4.78 is 5.44. The maximum atomic E-state index is 12.1. The van der Waals surface area contributed by atoms with Crippen LogP contribution in [0, 0.1) is 6.92 Å². The molecule has 1 heterocycles. The summed E-state index contributed by atoms with van der Waals surface area (Å²) in [5.41, 5.74) is 0.802. The molecule has 0 aromatic heterocycles. The molecule has 8 nitrogen and oxygen atoms in total. The Morgan fingerprint density at radius 2 is 1.84 bits per heavy atom. The van der Waals surface area contributed by atoms with Crippen molar-refractivity contribution in [3.05, 3.63) is 45.0 Å². The van der Waals surface area contributed by atoms with Gasteiger partial charge in [-0.1, -0.05) is 34.5 Å². The lowest BCUT2D eigenvalue weighted by Crippen LogP contribution is -2.42. The number of phenolic OH excluding ortho intramolecular Hbond substituents is 2. The van der Waals surface area contributed by atoms with Crippen molar-refractivity contribution in [2.24, 2.45) is 5.16 Å². The number of aliphatic hydroxyl groups excluding tert-OH is 1. The number of aromatic hydroxyl groups is 2. The second-order valence-electron chi connectivity index (χ2n) is 8.53. The number of aliphatic hydroxyl groups is 2. The standard InChI is InChI=1S/C23H30ClNO7/c1-12(7-6-8-13(2)23(30)21(29)20(28)22(4,5)32-23)9-10-15-18(26)16(11-25-31)14(3)17(24)19(15)27/h8-9,11,21,26-27,29-31H,6-7,10H2,1-5H3/b12-9+,13-8+,25-11?. The van der Waals surface area contributed by atoms with E-state index in [4.69, 9.17) is 21.5 Å². The Balaban J connectivity index is 2.13. The van der Waals surface area contributed by atoms with E-state index < -0.39 is 23.3 Å². The number of halogens is 1. The van der Waals surface area contributed by atoms with Crippen molar-refractivity contribution >= 4 is 23.6 Å². The fraction of sp³-hybridized carbons (Fsp3) is 0.478. The molecule has 32 heavy (non-hydrogen) atoms. The zero-order chi connectivity index (χ0) is 24.4. The minimum absolute atomic E-state index is 0.0677. The number of hydrogen-bond acceptors (Lipinski definition) is 8. The van der Waals surface area contributed by atoms with Crippen LogP contribution in [-0.2, 0) is 16.0 Å². The molecule has 1 fully saturated rings. The Labute approximate surface area is 192 Å². The van der Waals surface area contributed by atoms with Gasteiger partial charge < -0.3 is 30.4 Å². The average molecular weight is 468 g/mol. The van der Waals surface area contributed by atoms with E-state index in [0.717, 1.165) is 11.8 Å². The van der Waals surface area contributed by atoms with Crippen LogP contribution in [0.3, 0.4) is 0 Å². The lowest BCUT2D eigenvalue weighted by atomic mass is 9.95. The summed E-state index contributed by atoms with van der Waals surface area (Å²) in [6, 6.07) is 0. The van der Waals surface area contributed by atoms with Crippen molar-refractivity contribution in [2.75, 3.05) is 0 Å². The van der Waals surface area contributed by atoms with Crippen molar-refractivity contribution in [3.8, 4) is 11.5 Å². The molecule has 9 heteroatoms. The van der Waals surface area contributed by atoms with E-state index in [1.165, 1.54) is 13.8 Å². The summed E-state index contributed by atoms with van der Waals surface area (Å²) in [6.07, 6.45) is 4.17. The van der Waals surface area contributed by atoms with Gasteiger partial charge in [-0.15, -0.1) is 0 Å². The number of carbonyl (C=O) groups is 1. The Bertz CT molecular complexity index is 997. The quantitative estimate of drug-likeness (QED) is 0.179. The van der Waals surface area contributed by atoms with Crippen LogP contribution in [0.5, 0.6) is 11.5 Å². The van der Waals surface area contributed by atoms with Crippen LogP contribution < -0.4 is 0 Å². The van der Waals surface area contributed by atoms with Gasteiger partial charge in [-0.2, -0.15) is 0 Å². The summed E-state index contributed by atoms with van der Waals surface area (Å²) >= 11 is 6.13. The highest BCUT2D eigenvalue weighted by Gasteiger charge is 2.58. The number of Topliss-reactive ketones (excluding diaryl/α,β-unsaturated/α-hetero) is 1. The van der Waals surface area contributed by atoms with Crippen LogP contribution in [0.25, 0.3) is 0 Å². The summed E-state index contributed by atoms with van der Waals surface area (Å²) in [6.45, 7) is 8.04. The maximum Gasteiger partial charge on any atom is 0.223 e. The zero-order valence-corrected chi connectivity index (χ0v) is 19.6. The van der Waals surface area contributed by atoms with E-state index in [-0.39, 0.29) is 34.1 Å². The Hall–Kier alpha value is -2.39. The normalized spacial score (nSPS) is 24.0. The molecule has 0 saturated carbocycles. The summed E-state index contributed by atoms with van der Waals surface area (Å²) in [5, 5.41) is 53.4. The monoisotopic (exact) mass is 467 g/mol. The van der Waals surface area contributed by atoms with Gasteiger partial charge in [0.25, 0.3) is 0 Å². The zero-order valence-electron chi connectivity index (χ0n) is 18.8. The van der Waals surface area contributed by atoms with E-state index in [2.05, 4.69) is 5.16 Å². The molecule has 5 N–H and O–H groups in total. The van der Waals surface area contributed by atoms with Crippen LogP contribution in [-0.4, -0.2) is 55.1 Å². The number of ketones is 1. The SMILES string of the molecule is C/C(=C\Cc1c(O)c(Cl)c(C)c(C=NO)c1O)CC/C=C(\C)C1(O)OC(C)(C)C(=O)C1O. The highest BCUT2D eigenvalue weighted by atomic mass is 35.5. The number of nitrogens with zero attached hydrogens (tertiary/aromatic N) is 1. The van der Waals surface area contributed by atoms with Crippen molar-refractivity contribution in [1.82, 2.24) is 0 Å². The fourth-order valence-electron chi connectivity index (χ4n) is 3.63. The molecule has 176 valence electrons. The van der Waals surface area contributed by atoms with Gasteiger partial charge in [0.15, 0.2) is 11.9 Å². The van der Waals surface area contributed by atoms with Crippen LogP contribution in [0.15, 0.2) is 28.5 Å². The number of allylic oxidation sites excluding steroid dienone is 3. The third-order valence-electron chi connectivity index (χ3n) is 5.79. The lowest BCUT2D eigenvalue weighted by molar-refractivity contribution is -0.217. The van der Waals surface area contributed by atoms with Gasteiger partial charge in [-0.25, -0.2) is 0 Å². The lowest BCUT2D eigenvalue weighted by Gasteiger charge is -2.27. The summed E-state index contributed by atoms with van der Waals surface area (Å²) in [4.78, 5) is 12.1. The van der Waals surface area contributed by atoms with Gasteiger partial charge in [-0.05, 0) is 65.0 Å². The highest BCUT2D eigenvalue weighted by molar-refractivity contribution is 6.33. The van der Waals surface area contributed by atoms with Crippen molar-refractivity contribution in [2.45, 2.75) is 71.4 Å². The first-order chi connectivity index (χ1) is 14.8. The van der Waals surface area contributed by atoms with Gasteiger partial charge in [0.05, 0.1) is 11.2 Å². The topological polar surface area (TPSA) is 140 Å². The predicted octanol–water partition coefficient (Wildman–Crippen LogP) is 3.51. The largest absolute Gasteiger partial charge is 0.507 e. The molecular weight excluding hydrogens is 438 g/mol. The fourth-order valence-corrected chi connectivity index (χ4v) is 3.84. The van der Waals surface area contributed by atoms with Crippen molar-refractivity contribution in [1.29, 1.82) is 0 Å².